The van der Waals surface area contributed by atoms with Crippen LogP contribution >= 0.6 is 22.7 Å². The molecule has 3 aromatic heterocycles. The lowest BCUT2D eigenvalue weighted by Crippen LogP contribution is -2.26. The van der Waals surface area contributed by atoms with Crippen LogP contribution in [-0.2, 0) is 17.6 Å². The van der Waals surface area contributed by atoms with Crippen LogP contribution in [0.4, 0.5) is 0 Å². The van der Waals surface area contributed by atoms with E-state index in [4.69, 9.17) is 0 Å². The fourth-order valence-corrected chi connectivity index (χ4v) is 3.50. The molecule has 1 N–H and O–H groups in total. The number of hydrogen-bond acceptors (Lipinski definition) is 5. The highest BCUT2D eigenvalue weighted by Crippen LogP contribution is 2.19. The number of nitrogens with zero attached hydrogens (tertiary/aromatic N) is 2. The predicted molar refractivity (Wildman–Crippen MR) is 90.1 cm³/mol. The zero-order valence-corrected chi connectivity index (χ0v) is 13.5. The summed E-state index contributed by atoms with van der Waals surface area (Å²) in [6.45, 7) is 0.610. The van der Waals surface area contributed by atoms with Gasteiger partial charge in [-0.1, -0.05) is 12.1 Å². The second-order valence-electron chi connectivity index (χ2n) is 4.70. The summed E-state index contributed by atoms with van der Waals surface area (Å²) in [6.07, 6.45) is 2.96. The molecule has 0 aromatic carbocycles. The molecule has 22 heavy (non-hydrogen) atoms. The SMILES string of the molecule is O=C(Cc1cccs1)NCCc1nc(-c2ccccn2)cs1. The number of thiophene rings is 1. The van der Waals surface area contributed by atoms with Crippen molar-refractivity contribution < 1.29 is 4.79 Å². The largest absolute Gasteiger partial charge is 0.355 e. The van der Waals surface area contributed by atoms with Crippen LogP contribution in [0.5, 0.6) is 0 Å². The van der Waals surface area contributed by atoms with E-state index in [2.05, 4.69) is 15.3 Å². The lowest BCUT2D eigenvalue weighted by atomic mass is 10.3. The summed E-state index contributed by atoms with van der Waals surface area (Å²) in [5, 5.41) is 7.94. The minimum absolute atomic E-state index is 0.0592. The van der Waals surface area contributed by atoms with Gasteiger partial charge in [0.25, 0.3) is 0 Å². The molecule has 0 spiro atoms. The summed E-state index contributed by atoms with van der Waals surface area (Å²) in [6, 6.07) is 9.72. The zero-order valence-electron chi connectivity index (χ0n) is 11.9. The Morgan fingerprint density at radius 2 is 2.09 bits per heavy atom. The van der Waals surface area contributed by atoms with Gasteiger partial charge in [0.15, 0.2) is 0 Å². The number of aromatic nitrogens is 2. The number of hydrogen-bond donors (Lipinski definition) is 1. The van der Waals surface area contributed by atoms with Gasteiger partial charge in [0.1, 0.15) is 0 Å². The lowest BCUT2D eigenvalue weighted by Gasteiger charge is -2.02. The molecule has 0 saturated heterocycles. The second-order valence-corrected chi connectivity index (χ2v) is 6.67. The van der Waals surface area contributed by atoms with E-state index >= 15 is 0 Å². The quantitative estimate of drug-likeness (QED) is 0.756. The monoisotopic (exact) mass is 329 g/mol. The van der Waals surface area contributed by atoms with Gasteiger partial charge >= 0.3 is 0 Å². The maximum Gasteiger partial charge on any atom is 0.225 e. The average molecular weight is 329 g/mol. The molecule has 0 aliphatic carbocycles. The highest BCUT2D eigenvalue weighted by atomic mass is 32.1. The van der Waals surface area contributed by atoms with Crippen molar-refractivity contribution in [2.75, 3.05) is 6.54 Å². The van der Waals surface area contributed by atoms with Crippen LogP contribution in [0.1, 0.15) is 9.88 Å². The van der Waals surface area contributed by atoms with Crippen LogP contribution in [0.2, 0.25) is 0 Å². The fraction of sp³-hybridized carbons (Fsp3) is 0.188. The topological polar surface area (TPSA) is 54.9 Å². The molecule has 3 aromatic rings. The van der Waals surface area contributed by atoms with Crippen molar-refractivity contribution in [3.8, 4) is 11.4 Å². The number of nitrogens with one attached hydrogen (secondary N) is 1. The molecular weight excluding hydrogens is 314 g/mol. The van der Waals surface area contributed by atoms with E-state index in [1.54, 1.807) is 28.9 Å². The first-order valence-corrected chi connectivity index (χ1v) is 8.72. The van der Waals surface area contributed by atoms with Gasteiger partial charge in [-0.15, -0.1) is 22.7 Å². The highest BCUT2D eigenvalue weighted by molar-refractivity contribution is 7.10. The number of thiazole rings is 1. The number of carbonyl (C=O) groups excluding carboxylic acids is 1. The summed E-state index contributed by atoms with van der Waals surface area (Å²) >= 11 is 3.21. The summed E-state index contributed by atoms with van der Waals surface area (Å²) < 4.78 is 0. The van der Waals surface area contributed by atoms with E-state index in [-0.39, 0.29) is 5.91 Å². The van der Waals surface area contributed by atoms with Gasteiger partial charge in [-0.05, 0) is 23.6 Å². The molecule has 3 rings (SSSR count). The maximum absolute atomic E-state index is 11.8. The Balaban J connectivity index is 1.48. The molecule has 3 heterocycles. The Kier molecular flexibility index (Phi) is 4.92. The first-order valence-electron chi connectivity index (χ1n) is 6.96. The third kappa shape index (κ3) is 3.99. The average Bonchev–Trinajstić information content (AvgIpc) is 3.20. The normalized spacial score (nSPS) is 10.5. The fourth-order valence-electron chi connectivity index (χ4n) is 2.00. The van der Waals surface area contributed by atoms with Gasteiger partial charge in [-0.25, -0.2) is 4.98 Å². The zero-order chi connectivity index (χ0) is 15.2. The molecule has 0 aliphatic heterocycles. The molecule has 0 atom stereocenters. The molecule has 0 unspecified atom stereocenters. The number of rotatable bonds is 6. The summed E-state index contributed by atoms with van der Waals surface area (Å²) in [5.41, 5.74) is 1.78. The summed E-state index contributed by atoms with van der Waals surface area (Å²) in [5.74, 6) is 0.0592. The number of amides is 1. The molecule has 0 saturated carbocycles. The predicted octanol–water partition coefficient (Wildman–Crippen LogP) is 3.17. The van der Waals surface area contributed by atoms with Gasteiger partial charge in [0, 0.05) is 29.4 Å². The standard InChI is InChI=1S/C16H15N3OS2/c20-15(10-12-4-3-9-21-12)18-8-6-16-19-14(11-22-16)13-5-1-2-7-17-13/h1-5,7,9,11H,6,8,10H2,(H,18,20). The van der Waals surface area contributed by atoms with E-state index in [9.17, 15) is 4.79 Å². The Hall–Kier alpha value is -2.05. The molecule has 0 radical (unpaired) electrons. The van der Waals surface area contributed by atoms with Crippen molar-refractivity contribution >= 4 is 28.6 Å². The molecule has 0 fully saturated rings. The van der Waals surface area contributed by atoms with E-state index in [0.29, 0.717) is 13.0 Å². The van der Waals surface area contributed by atoms with Crippen molar-refractivity contribution in [1.29, 1.82) is 0 Å². The van der Waals surface area contributed by atoms with Gasteiger partial charge < -0.3 is 5.32 Å². The van der Waals surface area contributed by atoms with Crippen LogP contribution in [0.25, 0.3) is 11.4 Å². The first kappa shape index (κ1) is 14.9. The third-order valence-corrected chi connectivity index (χ3v) is 4.84. The molecule has 0 bridgehead atoms. The summed E-state index contributed by atoms with van der Waals surface area (Å²) in [7, 11) is 0. The molecule has 112 valence electrons. The Morgan fingerprint density at radius 3 is 2.86 bits per heavy atom. The van der Waals surface area contributed by atoms with E-state index in [1.807, 2.05) is 41.1 Å². The lowest BCUT2D eigenvalue weighted by molar-refractivity contribution is -0.120. The van der Waals surface area contributed by atoms with Crippen LogP contribution < -0.4 is 5.32 Å². The van der Waals surface area contributed by atoms with Crippen LogP contribution in [0.15, 0.2) is 47.3 Å². The Morgan fingerprint density at radius 1 is 1.14 bits per heavy atom. The molecule has 0 aliphatic rings. The minimum atomic E-state index is 0.0592. The first-order chi connectivity index (χ1) is 10.8. The number of carbonyl (C=O) groups is 1. The van der Waals surface area contributed by atoms with Crippen LogP contribution in [-0.4, -0.2) is 22.4 Å². The molecule has 1 amide bonds. The third-order valence-electron chi connectivity index (χ3n) is 3.05. The smallest absolute Gasteiger partial charge is 0.225 e. The van der Waals surface area contributed by atoms with Crippen molar-refractivity contribution in [3.63, 3.8) is 0 Å². The highest BCUT2D eigenvalue weighted by Gasteiger charge is 2.07. The molecule has 4 nitrogen and oxygen atoms in total. The van der Waals surface area contributed by atoms with Crippen LogP contribution in [0.3, 0.4) is 0 Å². The van der Waals surface area contributed by atoms with Crippen molar-refractivity contribution in [2.45, 2.75) is 12.8 Å². The van der Waals surface area contributed by atoms with Crippen molar-refractivity contribution in [3.05, 3.63) is 57.2 Å². The van der Waals surface area contributed by atoms with E-state index in [0.717, 1.165) is 27.7 Å². The molecule has 6 heteroatoms. The molecular formula is C16H15N3OS2. The van der Waals surface area contributed by atoms with E-state index in [1.165, 1.54) is 0 Å². The van der Waals surface area contributed by atoms with Gasteiger partial charge in [-0.3, -0.25) is 9.78 Å². The summed E-state index contributed by atoms with van der Waals surface area (Å²) in [4.78, 5) is 21.7. The maximum atomic E-state index is 11.8. The van der Waals surface area contributed by atoms with Crippen LogP contribution in [0, 0.1) is 0 Å². The van der Waals surface area contributed by atoms with Crippen molar-refractivity contribution in [1.82, 2.24) is 15.3 Å². The van der Waals surface area contributed by atoms with Crippen molar-refractivity contribution in [2.24, 2.45) is 0 Å². The minimum Gasteiger partial charge on any atom is -0.355 e. The van der Waals surface area contributed by atoms with Gasteiger partial charge in [0.2, 0.25) is 5.91 Å². The second kappa shape index (κ2) is 7.29. The van der Waals surface area contributed by atoms with Gasteiger partial charge in [-0.2, -0.15) is 0 Å². The van der Waals surface area contributed by atoms with Gasteiger partial charge in [0.05, 0.1) is 22.8 Å². The Labute approximate surface area is 136 Å². The Bertz CT molecular complexity index is 723. The van der Waals surface area contributed by atoms with E-state index < -0.39 is 0 Å². The number of pyridine rings is 1.